The molecule has 3 rings (SSSR count). The van der Waals surface area contributed by atoms with Gasteiger partial charge in [0, 0.05) is 31.4 Å². The van der Waals surface area contributed by atoms with Gasteiger partial charge in [-0.1, -0.05) is 67.9 Å². The van der Waals surface area contributed by atoms with Crippen molar-refractivity contribution in [1.29, 1.82) is 0 Å². The molecule has 1 unspecified atom stereocenters. The van der Waals surface area contributed by atoms with Crippen LogP contribution in [0.1, 0.15) is 47.3 Å². The van der Waals surface area contributed by atoms with Gasteiger partial charge in [0.15, 0.2) is 0 Å². The van der Waals surface area contributed by atoms with Gasteiger partial charge in [-0.05, 0) is 23.1 Å². The first-order valence-electron chi connectivity index (χ1n) is 9.29. The molecular formula is C22H25ClN4O. The Morgan fingerprint density at radius 3 is 2.43 bits per heavy atom. The lowest BCUT2D eigenvalue weighted by atomic mass is 9.99. The van der Waals surface area contributed by atoms with Gasteiger partial charge in [-0.15, -0.1) is 0 Å². The van der Waals surface area contributed by atoms with E-state index in [4.69, 9.17) is 17.3 Å². The zero-order valence-corrected chi connectivity index (χ0v) is 17.1. The van der Waals surface area contributed by atoms with E-state index in [-0.39, 0.29) is 11.9 Å². The first kappa shape index (κ1) is 20.1. The van der Waals surface area contributed by atoms with Crippen LogP contribution in [0, 0.1) is 0 Å². The highest BCUT2D eigenvalue weighted by atomic mass is 35.5. The van der Waals surface area contributed by atoms with Crippen LogP contribution in [0.4, 0.5) is 0 Å². The zero-order valence-electron chi connectivity index (χ0n) is 16.3. The summed E-state index contributed by atoms with van der Waals surface area (Å²) in [5, 5.41) is 7.88. The second-order valence-corrected chi connectivity index (χ2v) is 7.59. The SMILES string of the molecule is CC(C)c1ccc(C(N)CNC(=O)c2cn(C)nc2-c2ccccc2Cl)cc1. The molecule has 0 saturated carbocycles. The molecule has 0 aliphatic carbocycles. The van der Waals surface area contributed by atoms with E-state index < -0.39 is 0 Å². The van der Waals surface area contributed by atoms with Gasteiger partial charge in [-0.3, -0.25) is 9.48 Å². The number of nitrogens with zero attached hydrogens (tertiary/aromatic N) is 2. The lowest BCUT2D eigenvalue weighted by molar-refractivity contribution is 0.0951. The smallest absolute Gasteiger partial charge is 0.255 e. The summed E-state index contributed by atoms with van der Waals surface area (Å²) >= 11 is 6.29. The molecule has 5 nitrogen and oxygen atoms in total. The zero-order chi connectivity index (χ0) is 20.3. The summed E-state index contributed by atoms with van der Waals surface area (Å²) in [5.74, 6) is 0.246. The average molecular weight is 397 g/mol. The molecule has 2 aromatic carbocycles. The second-order valence-electron chi connectivity index (χ2n) is 7.18. The van der Waals surface area contributed by atoms with Crippen molar-refractivity contribution in [3.05, 3.63) is 76.4 Å². The highest BCUT2D eigenvalue weighted by Crippen LogP contribution is 2.29. The molecule has 3 aromatic rings. The number of hydrogen-bond acceptors (Lipinski definition) is 3. The monoisotopic (exact) mass is 396 g/mol. The number of aryl methyl sites for hydroxylation is 1. The van der Waals surface area contributed by atoms with E-state index in [0.29, 0.717) is 28.7 Å². The standard InChI is InChI=1S/C22H25ClN4O/c1-14(2)15-8-10-16(11-9-15)20(24)12-25-22(28)18-13-27(3)26-21(18)17-6-4-5-7-19(17)23/h4-11,13-14,20H,12,24H2,1-3H3,(H,25,28). The molecule has 1 aromatic heterocycles. The van der Waals surface area contributed by atoms with Crippen molar-refractivity contribution in [2.75, 3.05) is 6.54 Å². The van der Waals surface area contributed by atoms with Gasteiger partial charge in [0.1, 0.15) is 5.69 Å². The van der Waals surface area contributed by atoms with E-state index in [1.165, 1.54) is 5.56 Å². The molecule has 6 heteroatoms. The molecule has 0 fully saturated rings. The minimum atomic E-state index is -0.286. The predicted octanol–water partition coefficient (Wildman–Crippen LogP) is 4.29. The summed E-state index contributed by atoms with van der Waals surface area (Å²) in [4.78, 5) is 12.8. The first-order chi connectivity index (χ1) is 13.4. The van der Waals surface area contributed by atoms with E-state index in [2.05, 4.69) is 36.4 Å². The van der Waals surface area contributed by atoms with Gasteiger partial charge >= 0.3 is 0 Å². The molecule has 1 atom stereocenters. The Morgan fingerprint density at radius 2 is 1.79 bits per heavy atom. The molecule has 0 bridgehead atoms. The van der Waals surface area contributed by atoms with Gasteiger partial charge in [-0.2, -0.15) is 5.10 Å². The topological polar surface area (TPSA) is 72.9 Å². The molecule has 0 saturated heterocycles. The summed E-state index contributed by atoms with van der Waals surface area (Å²) in [5.41, 5.74) is 10.3. The summed E-state index contributed by atoms with van der Waals surface area (Å²) in [6, 6.07) is 15.3. The maximum absolute atomic E-state index is 12.8. The van der Waals surface area contributed by atoms with Crippen LogP contribution >= 0.6 is 11.6 Å². The van der Waals surface area contributed by atoms with Crippen LogP contribution < -0.4 is 11.1 Å². The number of halogens is 1. The molecule has 0 aliphatic rings. The number of aromatic nitrogens is 2. The maximum Gasteiger partial charge on any atom is 0.255 e. The van der Waals surface area contributed by atoms with Crippen LogP contribution in [0.15, 0.2) is 54.7 Å². The third-order valence-electron chi connectivity index (χ3n) is 4.72. The van der Waals surface area contributed by atoms with E-state index in [1.807, 2.05) is 30.3 Å². The number of carbonyl (C=O) groups excluding carboxylic acids is 1. The minimum absolute atomic E-state index is 0.225. The molecule has 146 valence electrons. The van der Waals surface area contributed by atoms with Crippen molar-refractivity contribution < 1.29 is 4.79 Å². The number of carbonyl (C=O) groups is 1. The van der Waals surface area contributed by atoms with Gasteiger partial charge in [0.25, 0.3) is 5.91 Å². The molecule has 0 aliphatic heterocycles. The Hall–Kier alpha value is -2.63. The van der Waals surface area contributed by atoms with Crippen LogP contribution in [0.2, 0.25) is 5.02 Å². The Kier molecular flexibility index (Phi) is 6.17. The Labute approximate surface area is 170 Å². The fourth-order valence-corrected chi connectivity index (χ4v) is 3.28. The first-order valence-corrected chi connectivity index (χ1v) is 9.66. The molecule has 0 radical (unpaired) electrons. The molecule has 3 N–H and O–H groups in total. The molecular weight excluding hydrogens is 372 g/mol. The van der Waals surface area contributed by atoms with Gasteiger partial charge in [0.2, 0.25) is 0 Å². The van der Waals surface area contributed by atoms with Crippen molar-refractivity contribution in [2.45, 2.75) is 25.8 Å². The van der Waals surface area contributed by atoms with Gasteiger partial charge in [0.05, 0.1) is 10.6 Å². The van der Waals surface area contributed by atoms with Crippen LogP contribution in [-0.4, -0.2) is 22.2 Å². The third kappa shape index (κ3) is 4.43. The summed E-state index contributed by atoms with van der Waals surface area (Å²) in [6.07, 6.45) is 1.69. The Bertz CT molecular complexity index is 963. The molecule has 0 spiro atoms. The Balaban J connectivity index is 1.73. The highest BCUT2D eigenvalue weighted by molar-refractivity contribution is 6.33. The average Bonchev–Trinajstić information content (AvgIpc) is 3.07. The Morgan fingerprint density at radius 1 is 1.14 bits per heavy atom. The van der Waals surface area contributed by atoms with E-state index in [9.17, 15) is 4.79 Å². The summed E-state index contributed by atoms with van der Waals surface area (Å²) in [6.45, 7) is 4.63. The van der Waals surface area contributed by atoms with Crippen molar-refractivity contribution in [2.24, 2.45) is 12.8 Å². The second kappa shape index (κ2) is 8.59. The largest absolute Gasteiger partial charge is 0.350 e. The number of rotatable bonds is 6. The number of benzene rings is 2. The maximum atomic E-state index is 12.8. The van der Waals surface area contributed by atoms with Crippen molar-refractivity contribution >= 4 is 17.5 Å². The quantitative estimate of drug-likeness (QED) is 0.652. The lowest BCUT2D eigenvalue weighted by Gasteiger charge is -2.14. The lowest BCUT2D eigenvalue weighted by Crippen LogP contribution is -2.32. The van der Waals surface area contributed by atoms with E-state index in [0.717, 1.165) is 11.1 Å². The van der Waals surface area contributed by atoms with Crippen LogP contribution in [0.5, 0.6) is 0 Å². The number of nitrogens with two attached hydrogens (primary N) is 1. The van der Waals surface area contributed by atoms with Crippen LogP contribution in [0.3, 0.4) is 0 Å². The minimum Gasteiger partial charge on any atom is -0.350 e. The van der Waals surface area contributed by atoms with Crippen molar-refractivity contribution in [1.82, 2.24) is 15.1 Å². The molecule has 1 heterocycles. The van der Waals surface area contributed by atoms with Gasteiger partial charge < -0.3 is 11.1 Å². The van der Waals surface area contributed by atoms with E-state index in [1.54, 1.807) is 24.0 Å². The fourth-order valence-electron chi connectivity index (χ4n) is 3.05. The van der Waals surface area contributed by atoms with E-state index >= 15 is 0 Å². The summed E-state index contributed by atoms with van der Waals surface area (Å²) in [7, 11) is 1.78. The molecule has 28 heavy (non-hydrogen) atoms. The summed E-state index contributed by atoms with van der Waals surface area (Å²) < 4.78 is 1.61. The van der Waals surface area contributed by atoms with Crippen LogP contribution in [-0.2, 0) is 7.05 Å². The normalized spacial score (nSPS) is 12.2. The van der Waals surface area contributed by atoms with Crippen molar-refractivity contribution in [3.63, 3.8) is 0 Å². The number of hydrogen-bond donors (Lipinski definition) is 2. The highest BCUT2D eigenvalue weighted by Gasteiger charge is 2.19. The fraction of sp³-hybridized carbons (Fsp3) is 0.273. The number of nitrogens with one attached hydrogen (secondary N) is 1. The number of amides is 1. The van der Waals surface area contributed by atoms with Crippen LogP contribution in [0.25, 0.3) is 11.3 Å². The molecule has 1 amide bonds. The third-order valence-corrected chi connectivity index (χ3v) is 5.05. The van der Waals surface area contributed by atoms with Gasteiger partial charge in [-0.25, -0.2) is 0 Å². The van der Waals surface area contributed by atoms with Crippen molar-refractivity contribution in [3.8, 4) is 11.3 Å². The predicted molar refractivity (Wildman–Crippen MR) is 113 cm³/mol.